The molecule has 0 amide bonds. The molecule has 5 nitrogen and oxygen atoms in total. The molecule has 2 rings (SSSR count). The van der Waals surface area contributed by atoms with Gasteiger partial charge in [-0.2, -0.15) is 0 Å². The first kappa shape index (κ1) is 24.4. The van der Waals surface area contributed by atoms with Crippen LogP contribution in [0.1, 0.15) is 38.5 Å². The molecule has 0 spiro atoms. The summed E-state index contributed by atoms with van der Waals surface area (Å²) < 4.78 is 33.0. The Morgan fingerprint density at radius 2 is 1.79 bits per heavy atom. The van der Waals surface area contributed by atoms with E-state index in [1.807, 2.05) is 6.08 Å². The number of hydrogen-bond acceptors (Lipinski definition) is 4. The SMILES string of the molecule is C=CCN(C)CCCCOC1CCC(CN(C)S(=O)(=O)c2ccc(Cl)cc2)CC1. The van der Waals surface area contributed by atoms with Gasteiger partial charge in [0.1, 0.15) is 0 Å². The minimum Gasteiger partial charge on any atom is -0.378 e. The first-order valence-corrected chi connectivity index (χ1v) is 12.3. The van der Waals surface area contributed by atoms with Crippen LogP contribution in [0.2, 0.25) is 5.02 Å². The number of likely N-dealkylation sites (N-methyl/N-ethyl adjacent to an activating group) is 1. The van der Waals surface area contributed by atoms with E-state index in [-0.39, 0.29) is 0 Å². The molecule has 164 valence electrons. The fourth-order valence-corrected chi connectivity index (χ4v) is 5.15. The van der Waals surface area contributed by atoms with E-state index in [0.717, 1.165) is 58.2 Å². The van der Waals surface area contributed by atoms with Gasteiger partial charge in [-0.15, -0.1) is 6.58 Å². The minimum absolute atomic E-state index is 0.292. The van der Waals surface area contributed by atoms with E-state index >= 15 is 0 Å². The normalized spacial score (nSPS) is 20.3. The molecule has 0 aromatic heterocycles. The standard InChI is InChI=1S/C22H35ClN2O3S/c1-4-15-24(2)16-5-6-17-28-21-11-7-19(8-12-21)18-25(3)29(26,27)22-13-9-20(23)10-14-22/h4,9-10,13-14,19,21H,1,5-8,11-12,15-18H2,2-3H3. The predicted octanol–water partition coefficient (Wildman–Crippen LogP) is 4.43. The van der Waals surface area contributed by atoms with Crippen molar-refractivity contribution in [3.63, 3.8) is 0 Å². The Hall–Kier alpha value is -0.920. The van der Waals surface area contributed by atoms with Gasteiger partial charge in [0.2, 0.25) is 10.0 Å². The Balaban J connectivity index is 1.67. The summed E-state index contributed by atoms with van der Waals surface area (Å²) >= 11 is 5.86. The molecule has 29 heavy (non-hydrogen) atoms. The lowest BCUT2D eigenvalue weighted by molar-refractivity contribution is 0.0145. The molecule has 0 bridgehead atoms. The fraction of sp³-hybridized carbons (Fsp3) is 0.636. The Morgan fingerprint density at radius 1 is 1.14 bits per heavy atom. The molecule has 0 unspecified atom stereocenters. The van der Waals surface area contributed by atoms with E-state index in [1.165, 1.54) is 4.31 Å². The number of benzene rings is 1. The maximum atomic E-state index is 12.7. The van der Waals surface area contributed by atoms with Crippen molar-refractivity contribution in [2.45, 2.75) is 49.5 Å². The molecule has 0 radical (unpaired) electrons. The number of halogens is 1. The predicted molar refractivity (Wildman–Crippen MR) is 120 cm³/mol. The first-order chi connectivity index (χ1) is 13.8. The largest absolute Gasteiger partial charge is 0.378 e. The van der Waals surface area contributed by atoms with Crippen molar-refractivity contribution in [2.75, 3.05) is 40.3 Å². The van der Waals surface area contributed by atoms with Gasteiger partial charge in [0, 0.05) is 31.8 Å². The van der Waals surface area contributed by atoms with Crippen LogP contribution in [0.5, 0.6) is 0 Å². The Labute approximate surface area is 181 Å². The van der Waals surface area contributed by atoms with Crippen LogP contribution < -0.4 is 0 Å². The average molecular weight is 443 g/mol. The molecule has 0 atom stereocenters. The fourth-order valence-electron chi connectivity index (χ4n) is 3.77. The van der Waals surface area contributed by atoms with Gasteiger partial charge in [0.25, 0.3) is 0 Å². The van der Waals surface area contributed by atoms with Crippen LogP contribution in [0.4, 0.5) is 0 Å². The molecule has 0 saturated heterocycles. The number of rotatable bonds is 12. The van der Waals surface area contributed by atoms with Crippen LogP contribution in [0.3, 0.4) is 0 Å². The summed E-state index contributed by atoms with van der Waals surface area (Å²) in [6.07, 6.45) is 8.48. The minimum atomic E-state index is -3.47. The molecule has 1 saturated carbocycles. The van der Waals surface area contributed by atoms with Gasteiger partial charge in [-0.1, -0.05) is 17.7 Å². The van der Waals surface area contributed by atoms with E-state index in [0.29, 0.717) is 28.5 Å². The third-order valence-electron chi connectivity index (χ3n) is 5.56. The zero-order valence-electron chi connectivity index (χ0n) is 17.7. The smallest absolute Gasteiger partial charge is 0.242 e. The van der Waals surface area contributed by atoms with E-state index in [4.69, 9.17) is 16.3 Å². The van der Waals surface area contributed by atoms with Gasteiger partial charge in [-0.3, -0.25) is 0 Å². The first-order valence-electron chi connectivity index (χ1n) is 10.5. The van der Waals surface area contributed by atoms with Crippen molar-refractivity contribution in [1.29, 1.82) is 0 Å². The second kappa shape index (κ2) is 12.1. The highest BCUT2D eigenvalue weighted by Gasteiger charge is 2.27. The van der Waals surface area contributed by atoms with Crippen molar-refractivity contribution in [3.05, 3.63) is 41.9 Å². The topological polar surface area (TPSA) is 49.9 Å². The molecule has 7 heteroatoms. The maximum absolute atomic E-state index is 12.7. The molecule has 1 aromatic carbocycles. The lowest BCUT2D eigenvalue weighted by atomic mass is 9.87. The van der Waals surface area contributed by atoms with Gasteiger partial charge < -0.3 is 9.64 Å². The number of ether oxygens (including phenoxy) is 1. The molecular weight excluding hydrogens is 408 g/mol. The van der Waals surface area contributed by atoms with E-state index in [9.17, 15) is 8.42 Å². The molecule has 1 fully saturated rings. The Bertz CT molecular complexity index is 716. The molecular formula is C22H35ClN2O3S. The van der Waals surface area contributed by atoms with Gasteiger partial charge in [0.05, 0.1) is 11.0 Å². The van der Waals surface area contributed by atoms with Gasteiger partial charge in [-0.25, -0.2) is 12.7 Å². The highest BCUT2D eigenvalue weighted by atomic mass is 35.5. The third-order valence-corrected chi connectivity index (χ3v) is 7.65. The van der Waals surface area contributed by atoms with Crippen molar-refractivity contribution < 1.29 is 13.2 Å². The van der Waals surface area contributed by atoms with Gasteiger partial charge >= 0.3 is 0 Å². The molecule has 1 aromatic rings. The number of nitrogens with zero attached hydrogens (tertiary/aromatic N) is 2. The molecule has 1 aliphatic rings. The van der Waals surface area contributed by atoms with E-state index in [1.54, 1.807) is 31.3 Å². The van der Waals surface area contributed by atoms with Crippen LogP contribution >= 0.6 is 11.6 Å². The van der Waals surface area contributed by atoms with Crippen LogP contribution in [-0.4, -0.2) is 64.1 Å². The number of hydrogen-bond donors (Lipinski definition) is 0. The maximum Gasteiger partial charge on any atom is 0.242 e. The Morgan fingerprint density at radius 3 is 2.41 bits per heavy atom. The molecule has 0 N–H and O–H groups in total. The van der Waals surface area contributed by atoms with Crippen LogP contribution in [0.25, 0.3) is 0 Å². The summed E-state index contributed by atoms with van der Waals surface area (Å²) in [6, 6.07) is 6.35. The lowest BCUT2D eigenvalue weighted by Crippen LogP contribution is -2.34. The molecule has 0 aliphatic heterocycles. The Kier molecular flexibility index (Phi) is 10.1. The molecule has 1 aliphatic carbocycles. The van der Waals surface area contributed by atoms with Crippen LogP contribution in [0, 0.1) is 5.92 Å². The summed E-state index contributed by atoms with van der Waals surface area (Å²) in [5.74, 6) is 0.384. The zero-order valence-corrected chi connectivity index (χ0v) is 19.3. The summed E-state index contributed by atoms with van der Waals surface area (Å²) in [5, 5.41) is 0.536. The van der Waals surface area contributed by atoms with Crippen molar-refractivity contribution in [3.8, 4) is 0 Å². The zero-order chi connectivity index (χ0) is 21.3. The summed E-state index contributed by atoms with van der Waals surface area (Å²) in [6.45, 7) is 7.10. The highest BCUT2D eigenvalue weighted by molar-refractivity contribution is 7.89. The number of unbranched alkanes of at least 4 members (excludes halogenated alkanes) is 1. The monoisotopic (exact) mass is 442 g/mol. The van der Waals surface area contributed by atoms with Gasteiger partial charge in [-0.05, 0) is 82.3 Å². The summed E-state index contributed by atoms with van der Waals surface area (Å²) in [5.41, 5.74) is 0. The van der Waals surface area contributed by atoms with Crippen LogP contribution in [0.15, 0.2) is 41.8 Å². The quantitative estimate of drug-likeness (QED) is 0.355. The second-order valence-corrected chi connectivity index (χ2v) is 10.5. The summed E-state index contributed by atoms with van der Waals surface area (Å²) in [7, 11) is 0.301. The average Bonchev–Trinajstić information content (AvgIpc) is 2.69. The highest BCUT2D eigenvalue weighted by Crippen LogP contribution is 2.28. The number of sulfonamides is 1. The lowest BCUT2D eigenvalue weighted by Gasteiger charge is -2.31. The van der Waals surface area contributed by atoms with Crippen LogP contribution in [-0.2, 0) is 14.8 Å². The van der Waals surface area contributed by atoms with E-state index < -0.39 is 10.0 Å². The van der Waals surface area contributed by atoms with E-state index in [2.05, 4.69) is 18.5 Å². The third kappa shape index (κ3) is 8.02. The molecule has 0 heterocycles. The summed E-state index contributed by atoms with van der Waals surface area (Å²) in [4.78, 5) is 2.55. The van der Waals surface area contributed by atoms with Crippen molar-refractivity contribution in [2.24, 2.45) is 5.92 Å². The van der Waals surface area contributed by atoms with Gasteiger partial charge in [0.15, 0.2) is 0 Å². The second-order valence-electron chi connectivity index (χ2n) is 8.01. The van der Waals surface area contributed by atoms with Crippen molar-refractivity contribution >= 4 is 21.6 Å². The van der Waals surface area contributed by atoms with Crippen molar-refractivity contribution in [1.82, 2.24) is 9.21 Å².